The molecule has 0 saturated carbocycles. The number of hydrogen-bond donors (Lipinski definition) is 2. The van der Waals surface area contributed by atoms with Crippen LogP contribution in [0.4, 0.5) is 0 Å². The molecule has 2 aromatic carbocycles. The van der Waals surface area contributed by atoms with Crippen LogP contribution in [0.2, 0.25) is 0 Å². The molecule has 3 N–H and O–H groups in total. The minimum absolute atomic E-state index is 0.197. The van der Waals surface area contributed by atoms with Gasteiger partial charge in [-0.2, -0.15) is 0 Å². The van der Waals surface area contributed by atoms with Gasteiger partial charge in [0.25, 0.3) is 0 Å². The molecular formula is C16H18N2. The third-order valence-corrected chi connectivity index (χ3v) is 3.11. The Morgan fingerprint density at radius 3 is 2.72 bits per heavy atom. The Morgan fingerprint density at radius 1 is 1.17 bits per heavy atom. The Labute approximate surface area is 108 Å². The zero-order chi connectivity index (χ0) is 12.8. The lowest BCUT2D eigenvalue weighted by molar-refractivity contribution is 0.538. The molecule has 0 aliphatic rings. The van der Waals surface area contributed by atoms with Crippen molar-refractivity contribution in [1.29, 1.82) is 0 Å². The molecule has 92 valence electrons. The zero-order valence-corrected chi connectivity index (χ0v) is 10.6. The van der Waals surface area contributed by atoms with Gasteiger partial charge in [-0.25, -0.2) is 0 Å². The van der Waals surface area contributed by atoms with Gasteiger partial charge in [0.15, 0.2) is 0 Å². The molecule has 0 fully saturated rings. The van der Waals surface area contributed by atoms with Crippen LogP contribution in [0.15, 0.2) is 42.5 Å². The number of fused-ring (bicyclic) bond motifs is 1. The highest BCUT2D eigenvalue weighted by molar-refractivity contribution is 5.85. The highest BCUT2D eigenvalue weighted by Gasteiger charge is 2.08. The van der Waals surface area contributed by atoms with Gasteiger partial charge in [0.1, 0.15) is 0 Å². The van der Waals surface area contributed by atoms with Crippen molar-refractivity contribution in [2.75, 3.05) is 0 Å². The largest absolute Gasteiger partial charge is 0.271 e. The molecule has 0 spiro atoms. The predicted molar refractivity (Wildman–Crippen MR) is 76.8 cm³/mol. The number of nitrogens with one attached hydrogen (secondary N) is 1. The van der Waals surface area contributed by atoms with Crippen LogP contribution in [0.5, 0.6) is 0 Å². The van der Waals surface area contributed by atoms with Gasteiger partial charge >= 0.3 is 0 Å². The predicted octanol–water partition coefficient (Wildman–Crippen LogP) is 2.63. The molecule has 0 aliphatic carbocycles. The lowest BCUT2D eigenvalue weighted by Gasteiger charge is -2.14. The Balaban J connectivity index is 2.26. The van der Waals surface area contributed by atoms with Crippen LogP contribution in [-0.4, -0.2) is 6.04 Å². The van der Waals surface area contributed by atoms with Gasteiger partial charge in [0.2, 0.25) is 0 Å². The molecule has 1 unspecified atom stereocenters. The molecule has 0 bridgehead atoms. The molecule has 0 amide bonds. The third kappa shape index (κ3) is 2.89. The van der Waals surface area contributed by atoms with Crippen molar-refractivity contribution in [3.05, 3.63) is 48.0 Å². The number of nitrogens with two attached hydrogens (primary N) is 1. The molecule has 18 heavy (non-hydrogen) atoms. The van der Waals surface area contributed by atoms with Gasteiger partial charge < -0.3 is 0 Å². The van der Waals surface area contributed by atoms with Crippen molar-refractivity contribution in [2.45, 2.75) is 25.8 Å². The van der Waals surface area contributed by atoms with Crippen LogP contribution in [-0.2, 0) is 6.42 Å². The van der Waals surface area contributed by atoms with E-state index in [2.05, 4.69) is 59.7 Å². The summed E-state index contributed by atoms with van der Waals surface area (Å²) in [5.74, 6) is 11.6. The van der Waals surface area contributed by atoms with E-state index in [4.69, 9.17) is 5.84 Å². The second-order valence-corrected chi connectivity index (χ2v) is 4.34. The lowest BCUT2D eigenvalue weighted by atomic mass is 9.98. The van der Waals surface area contributed by atoms with E-state index in [1.54, 1.807) is 0 Å². The first-order valence-corrected chi connectivity index (χ1v) is 6.17. The lowest BCUT2D eigenvalue weighted by Crippen LogP contribution is -2.36. The third-order valence-electron chi connectivity index (χ3n) is 3.11. The van der Waals surface area contributed by atoms with Crippen LogP contribution < -0.4 is 11.3 Å². The average molecular weight is 238 g/mol. The summed E-state index contributed by atoms with van der Waals surface area (Å²) in [6.45, 7) is 1.85. The van der Waals surface area contributed by atoms with Gasteiger partial charge in [0, 0.05) is 12.5 Å². The summed E-state index contributed by atoms with van der Waals surface area (Å²) in [4.78, 5) is 0. The second kappa shape index (κ2) is 6.20. The van der Waals surface area contributed by atoms with Crippen molar-refractivity contribution in [1.82, 2.24) is 5.43 Å². The van der Waals surface area contributed by atoms with Gasteiger partial charge in [-0.05, 0) is 29.7 Å². The van der Waals surface area contributed by atoms with E-state index in [1.807, 2.05) is 6.92 Å². The summed E-state index contributed by atoms with van der Waals surface area (Å²) in [6, 6.07) is 15.0. The smallest absolute Gasteiger partial charge is 0.0360 e. The van der Waals surface area contributed by atoms with Crippen LogP contribution in [0, 0.1) is 11.8 Å². The highest BCUT2D eigenvalue weighted by Crippen LogP contribution is 2.20. The summed E-state index contributed by atoms with van der Waals surface area (Å²) >= 11 is 0. The molecule has 0 saturated heterocycles. The summed E-state index contributed by atoms with van der Waals surface area (Å²) in [7, 11) is 0. The fraction of sp³-hybridized carbons (Fsp3) is 0.250. The van der Waals surface area contributed by atoms with Crippen LogP contribution >= 0.6 is 0 Å². The van der Waals surface area contributed by atoms with E-state index in [0.29, 0.717) is 0 Å². The van der Waals surface area contributed by atoms with Gasteiger partial charge in [-0.15, -0.1) is 11.8 Å². The maximum atomic E-state index is 5.59. The van der Waals surface area contributed by atoms with Crippen LogP contribution in [0.1, 0.15) is 18.9 Å². The SMILES string of the molecule is CC#CCC(Cc1cccc2ccccc12)NN. The van der Waals surface area contributed by atoms with E-state index in [9.17, 15) is 0 Å². The Kier molecular flexibility index (Phi) is 4.35. The van der Waals surface area contributed by atoms with Crippen molar-refractivity contribution in [3.63, 3.8) is 0 Å². The quantitative estimate of drug-likeness (QED) is 0.488. The van der Waals surface area contributed by atoms with E-state index in [0.717, 1.165) is 12.8 Å². The summed E-state index contributed by atoms with van der Waals surface area (Å²) < 4.78 is 0. The standard InChI is InChI=1S/C16H18N2/c1-2-3-10-15(18-17)12-14-9-6-8-13-7-4-5-11-16(13)14/h4-9,11,15,18H,10,12,17H2,1H3. The zero-order valence-electron chi connectivity index (χ0n) is 10.6. The number of hydrazine groups is 1. The first-order chi connectivity index (χ1) is 8.85. The highest BCUT2D eigenvalue weighted by atomic mass is 15.2. The van der Waals surface area contributed by atoms with E-state index in [-0.39, 0.29) is 6.04 Å². The van der Waals surface area contributed by atoms with Gasteiger partial charge in [0.05, 0.1) is 0 Å². The van der Waals surface area contributed by atoms with Crippen molar-refractivity contribution in [3.8, 4) is 11.8 Å². The van der Waals surface area contributed by atoms with Crippen molar-refractivity contribution >= 4 is 10.8 Å². The molecule has 2 nitrogen and oxygen atoms in total. The fourth-order valence-electron chi connectivity index (χ4n) is 2.15. The Hall–Kier alpha value is -1.82. The van der Waals surface area contributed by atoms with E-state index >= 15 is 0 Å². The van der Waals surface area contributed by atoms with Gasteiger partial charge in [-0.3, -0.25) is 11.3 Å². The minimum Gasteiger partial charge on any atom is -0.271 e. The maximum absolute atomic E-state index is 5.59. The first-order valence-electron chi connectivity index (χ1n) is 6.17. The number of hydrogen-bond acceptors (Lipinski definition) is 2. The summed E-state index contributed by atoms with van der Waals surface area (Å²) in [5, 5.41) is 2.57. The molecule has 0 radical (unpaired) electrons. The number of benzene rings is 2. The molecule has 2 aromatic rings. The first kappa shape index (κ1) is 12.6. The molecule has 0 aliphatic heterocycles. The number of rotatable bonds is 4. The van der Waals surface area contributed by atoms with Crippen LogP contribution in [0.3, 0.4) is 0 Å². The topological polar surface area (TPSA) is 38.0 Å². The minimum atomic E-state index is 0.197. The van der Waals surface area contributed by atoms with Gasteiger partial charge in [-0.1, -0.05) is 42.5 Å². The monoisotopic (exact) mass is 238 g/mol. The van der Waals surface area contributed by atoms with E-state index < -0.39 is 0 Å². The molecule has 1 atom stereocenters. The van der Waals surface area contributed by atoms with E-state index in [1.165, 1.54) is 16.3 Å². The summed E-state index contributed by atoms with van der Waals surface area (Å²) in [6.07, 6.45) is 1.67. The van der Waals surface area contributed by atoms with Crippen molar-refractivity contribution < 1.29 is 0 Å². The fourth-order valence-corrected chi connectivity index (χ4v) is 2.15. The maximum Gasteiger partial charge on any atom is 0.0360 e. The molecule has 2 rings (SSSR count). The molecule has 0 aromatic heterocycles. The molecule has 2 heteroatoms. The normalized spacial score (nSPS) is 11.9. The Morgan fingerprint density at radius 2 is 1.94 bits per heavy atom. The second-order valence-electron chi connectivity index (χ2n) is 4.34. The van der Waals surface area contributed by atoms with Crippen molar-refractivity contribution in [2.24, 2.45) is 5.84 Å². The Bertz CT molecular complexity index is 573. The van der Waals surface area contributed by atoms with Crippen LogP contribution in [0.25, 0.3) is 10.8 Å². The average Bonchev–Trinajstić information content (AvgIpc) is 2.43. The molecular weight excluding hydrogens is 220 g/mol. The molecule has 0 heterocycles. The summed E-state index contributed by atoms with van der Waals surface area (Å²) in [5.41, 5.74) is 4.16.